The van der Waals surface area contributed by atoms with Crippen molar-refractivity contribution in [2.75, 3.05) is 50.7 Å². The number of nitrogens with zero attached hydrogens (tertiary/aromatic N) is 3. The molecule has 0 N–H and O–H groups in total. The molecule has 0 unspecified atom stereocenters. The Morgan fingerprint density at radius 2 is 1.54 bits per heavy atom. The quantitative estimate of drug-likeness (QED) is 0.396. The molecule has 0 aliphatic carbocycles. The molecule has 7 heteroatoms. The van der Waals surface area contributed by atoms with Crippen LogP contribution in [0, 0.1) is 11.6 Å². The van der Waals surface area contributed by atoms with Crippen LogP contribution in [0.1, 0.15) is 36.8 Å². The molecule has 1 saturated heterocycles. The van der Waals surface area contributed by atoms with E-state index in [2.05, 4.69) is 36.1 Å². The molecule has 5 rings (SSSR count). The number of fused-ring (bicyclic) bond motifs is 2. The van der Waals surface area contributed by atoms with E-state index in [0.29, 0.717) is 44.8 Å². The van der Waals surface area contributed by atoms with Crippen LogP contribution in [-0.2, 0) is 4.79 Å². The fraction of sp³-hybridized carbons (Fsp3) is 0.367. The SMILES string of the molecule is CCN(CCC(=O)N1CCN(c2ccc(F)c(F)c2)CC1)CCC1c2ccccc2Oc2ccccc21. The maximum absolute atomic E-state index is 13.6. The Hall–Kier alpha value is -3.45. The summed E-state index contributed by atoms with van der Waals surface area (Å²) >= 11 is 0. The number of hydrogen-bond acceptors (Lipinski definition) is 4. The number of carbonyl (C=O) groups is 1. The molecule has 0 saturated carbocycles. The average molecular weight is 506 g/mol. The van der Waals surface area contributed by atoms with Crippen molar-refractivity contribution in [2.45, 2.75) is 25.7 Å². The number of benzene rings is 3. The Morgan fingerprint density at radius 1 is 0.892 bits per heavy atom. The lowest BCUT2D eigenvalue weighted by atomic mass is 9.85. The normalized spacial score (nSPS) is 15.4. The van der Waals surface area contributed by atoms with Gasteiger partial charge in [-0.05, 0) is 43.8 Å². The van der Waals surface area contributed by atoms with E-state index in [0.717, 1.165) is 37.1 Å². The molecule has 2 heterocycles. The Morgan fingerprint density at radius 3 is 2.16 bits per heavy atom. The van der Waals surface area contributed by atoms with Gasteiger partial charge in [-0.3, -0.25) is 4.79 Å². The summed E-state index contributed by atoms with van der Waals surface area (Å²) in [6.45, 7) is 7.00. The molecule has 0 bridgehead atoms. The minimum Gasteiger partial charge on any atom is -0.457 e. The number of rotatable bonds is 8. The van der Waals surface area contributed by atoms with Gasteiger partial charge in [0, 0.05) is 67.9 Å². The monoisotopic (exact) mass is 505 g/mol. The third-order valence-corrected chi connectivity index (χ3v) is 7.53. The number of hydrogen-bond donors (Lipinski definition) is 0. The molecule has 3 aromatic rings. The summed E-state index contributed by atoms with van der Waals surface area (Å²) in [7, 11) is 0. The summed E-state index contributed by atoms with van der Waals surface area (Å²) in [5.41, 5.74) is 3.08. The minimum atomic E-state index is -0.844. The predicted molar refractivity (Wildman–Crippen MR) is 141 cm³/mol. The molecule has 5 nitrogen and oxygen atoms in total. The largest absolute Gasteiger partial charge is 0.457 e. The van der Waals surface area contributed by atoms with Gasteiger partial charge in [0.25, 0.3) is 0 Å². The Balaban J connectivity index is 1.13. The van der Waals surface area contributed by atoms with Gasteiger partial charge in [0.1, 0.15) is 11.5 Å². The highest BCUT2D eigenvalue weighted by molar-refractivity contribution is 5.76. The van der Waals surface area contributed by atoms with Crippen LogP contribution in [0.5, 0.6) is 11.5 Å². The lowest BCUT2D eigenvalue weighted by Gasteiger charge is -2.36. The number of ether oxygens (including phenoxy) is 1. The van der Waals surface area contributed by atoms with E-state index in [1.165, 1.54) is 17.2 Å². The second kappa shape index (κ2) is 11.3. The van der Waals surface area contributed by atoms with Gasteiger partial charge in [0.2, 0.25) is 5.91 Å². The van der Waals surface area contributed by atoms with Crippen LogP contribution >= 0.6 is 0 Å². The van der Waals surface area contributed by atoms with E-state index >= 15 is 0 Å². The second-order valence-electron chi connectivity index (χ2n) is 9.67. The van der Waals surface area contributed by atoms with E-state index in [1.807, 2.05) is 34.1 Å². The van der Waals surface area contributed by atoms with Crippen LogP contribution in [-0.4, -0.2) is 61.5 Å². The number of piperazine rings is 1. The van der Waals surface area contributed by atoms with Crippen LogP contribution in [0.15, 0.2) is 66.7 Å². The number of anilines is 1. The molecular formula is C30H33F2N3O2. The summed E-state index contributed by atoms with van der Waals surface area (Å²) in [5.74, 6) is 0.561. The van der Waals surface area contributed by atoms with Crippen LogP contribution in [0.3, 0.4) is 0 Å². The second-order valence-corrected chi connectivity index (χ2v) is 9.67. The summed E-state index contributed by atoms with van der Waals surface area (Å²) in [6, 6.07) is 20.5. The Labute approximate surface area is 217 Å². The van der Waals surface area contributed by atoms with Crippen molar-refractivity contribution < 1.29 is 18.3 Å². The zero-order valence-electron chi connectivity index (χ0n) is 21.2. The summed E-state index contributed by atoms with van der Waals surface area (Å²) in [6.07, 6.45) is 1.42. The highest BCUT2D eigenvalue weighted by Crippen LogP contribution is 2.45. The number of amides is 1. The van der Waals surface area contributed by atoms with Crippen molar-refractivity contribution in [3.05, 3.63) is 89.5 Å². The lowest BCUT2D eigenvalue weighted by molar-refractivity contribution is -0.131. The molecule has 2 aliphatic heterocycles. The highest BCUT2D eigenvalue weighted by Gasteiger charge is 2.27. The zero-order chi connectivity index (χ0) is 25.8. The molecule has 0 atom stereocenters. The number of carbonyl (C=O) groups excluding carboxylic acids is 1. The topological polar surface area (TPSA) is 36.0 Å². The van der Waals surface area contributed by atoms with Gasteiger partial charge in [-0.25, -0.2) is 8.78 Å². The van der Waals surface area contributed by atoms with Gasteiger partial charge < -0.3 is 19.4 Å². The Kier molecular flexibility index (Phi) is 7.70. The molecule has 1 fully saturated rings. The Bertz CT molecular complexity index is 1200. The molecule has 2 aliphatic rings. The first kappa shape index (κ1) is 25.2. The van der Waals surface area contributed by atoms with Crippen LogP contribution in [0.25, 0.3) is 0 Å². The van der Waals surface area contributed by atoms with Crippen molar-refractivity contribution in [1.82, 2.24) is 9.80 Å². The average Bonchev–Trinajstić information content (AvgIpc) is 2.94. The maximum Gasteiger partial charge on any atom is 0.223 e. The zero-order valence-corrected chi connectivity index (χ0v) is 21.2. The number of para-hydroxylation sites is 2. The first-order chi connectivity index (χ1) is 18.0. The first-order valence-corrected chi connectivity index (χ1v) is 13.1. The van der Waals surface area contributed by atoms with Crippen LogP contribution in [0.4, 0.5) is 14.5 Å². The first-order valence-electron chi connectivity index (χ1n) is 13.1. The maximum atomic E-state index is 13.6. The van der Waals surface area contributed by atoms with Crippen molar-refractivity contribution in [3.8, 4) is 11.5 Å². The fourth-order valence-corrected chi connectivity index (χ4v) is 5.37. The van der Waals surface area contributed by atoms with E-state index in [4.69, 9.17) is 4.74 Å². The summed E-state index contributed by atoms with van der Waals surface area (Å²) in [5, 5.41) is 0. The van der Waals surface area contributed by atoms with E-state index in [1.54, 1.807) is 6.07 Å². The van der Waals surface area contributed by atoms with Crippen molar-refractivity contribution >= 4 is 11.6 Å². The van der Waals surface area contributed by atoms with Gasteiger partial charge in [-0.2, -0.15) is 0 Å². The molecule has 1 amide bonds. The molecule has 0 spiro atoms. The number of halogens is 2. The van der Waals surface area contributed by atoms with Gasteiger partial charge in [-0.1, -0.05) is 43.3 Å². The summed E-state index contributed by atoms with van der Waals surface area (Å²) in [4.78, 5) is 19.2. The lowest BCUT2D eigenvalue weighted by Crippen LogP contribution is -2.49. The highest BCUT2D eigenvalue weighted by atomic mass is 19.2. The standard InChI is InChI=1S/C30H33F2N3O2/c1-2-33(15-13-23-24-7-3-5-9-28(24)37-29-10-6-4-8-25(23)29)16-14-30(36)35-19-17-34(18-20-35)22-11-12-26(31)27(32)21-22/h3-12,21,23H,2,13-20H2,1H3. The van der Waals surface area contributed by atoms with Gasteiger partial charge in [-0.15, -0.1) is 0 Å². The van der Waals surface area contributed by atoms with Gasteiger partial charge in [0.05, 0.1) is 0 Å². The molecule has 3 aromatic carbocycles. The van der Waals surface area contributed by atoms with Gasteiger partial charge >= 0.3 is 0 Å². The molecule has 37 heavy (non-hydrogen) atoms. The molecule has 194 valence electrons. The molecule has 0 aromatic heterocycles. The van der Waals surface area contributed by atoms with Crippen molar-refractivity contribution in [3.63, 3.8) is 0 Å². The van der Waals surface area contributed by atoms with Crippen LogP contribution < -0.4 is 9.64 Å². The fourth-order valence-electron chi connectivity index (χ4n) is 5.37. The van der Waals surface area contributed by atoms with Crippen LogP contribution in [0.2, 0.25) is 0 Å². The third-order valence-electron chi connectivity index (χ3n) is 7.53. The molecule has 0 radical (unpaired) electrons. The third kappa shape index (κ3) is 5.62. The van der Waals surface area contributed by atoms with E-state index in [-0.39, 0.29) is 11.8 Å². The predicted octanol–water partition coefficient (Wildman–Crippen LogP) is 5.65. The summed E-state index contributed by atoms with van der Waals surface area (Å²) < 4.78 is 33.0. The smallest absolute Gasteiger partial charge is 0.223 e. The van der Waals surface area contributed by atoms with Crippen molar-refractivity contribution in [2.24, 2.45) is 0 Å². The van der Waals surface area contributed by atoms with E-state index < -0.39 is 11.6 Å². The minimum absolute atomic E-state index is 0.144. The van der Waals surface area contributed by atoms with Crippen molar-refractivity contribution in [1.29, 1.82) is 0 Å². The van der Waals surface area contributed by atoms with E-state index in [9.17, 15) is 13.6 Å². The van der Waals surface area contributed by atoms with Gasteiger partial charge in [0.15, 0.2) is 11.6 Å². The molecular weight excluding hydrogens is 472 g/mol.